The first kappa shape index (κ1) is 26.2. The third-order valence-corrected chi connectivity index (χ3v) is 6.20. The molecular formula is C32H28N4O4. The number of amides is 1. The van der Waals surface area contributed by atoms with Crippen LogP contribution in [0.15, 0.2) is 114 Å². The van der Waals surface area contributed by atoms with Gasteiger partial charge < -0.3 is 20.1 Å². The molecule has 1 amide bonds. The highest BCUT2D eigenvalue weighted by molar-refractivity contribution is 5.95. The van der Waals surface area contributed by atoms with E-state index in [0.717, 1.165) is 11.1 Å². The van der Waals surface area contributed by atoms with Gasteiger partial charge in [0.15, 0.2) is 11.4 Å². The molecule has 1 heterocycles. The van der Waals surface area contributed by atoms with Crippen LogP contribution in [0.4, 0.5) is 11.4 Å². The van der Waals surface area contributed by atoms with Crippen molar-refractivity contribution in [1.29, 1.82) is 0 Å². The molecule has 0 spiro atoms. The van der Waals surface area contributed by atoms with E-state index >= 15 is 0 Å². The second-order valence-electron chi connectivity index (χ2n) is 9.09. The van der Waals surface area contributed by atoms with Crippen molar-refractivity contribution in [1.82, 2.24) is 15.1 Å². The van der Waals surface area contributed by atoms with E-state index in [-0.39, 0.29) is 17.3 Å². The van der Waals surface area contributed by atoms with Gasteiger partial charge in [0, 0.05) is 17.8 Å². The minimum absolute atomic E-state index is 0.174. The second-order valence-corrected chi connectivity index (χ2v) is 9.09. The summed E-state index contributed by atoms with van der Waals surface area (Å²) in [6.45, 7) is 2.38. The van der Waals surface area contributed by atoms with Crippen molar-refractivity contribution < 1.29 is 14.3 Å². The molecule has 0 aliphatic heterocycles. The molecule has 2 N–H and O–H groups in total. The lowest BCUT2D eigenvalue weighted by Crippen LogP contribution is -2.24. The van der Waals surface area contributed by atoms with Gasteiger partial charge in [0.2, 0.25) is 0 Å². The highest BCUT2D eigenvalue weighted by Crippen LogP contribution is 2.30. The highest BCUT2D eigenvalue weighted by Gasteiger charge is 2.16. The number of methoxy groups -OCH3 is 1. The van der Waals surface area contributed by atoms with Crippen molar-refractivity contribution in [2.24, 2.45) is 0 Å². The number of hydrogen-bond acceptors (Lipinski definition) is 6. The Morgan fingerprint density at radius 3 is 2.33 bits per heavy atom. The Kier molecular flexibility index (Phi) is 7.87. The molecule has 0 fully saturated rings. The van der Waals surface area contributed by atoms with E-state index in [1.54, 1.807) is 55.6 Å². The molecule has 5 aromatic rings. The Morgan fingerprint density at radius 1 is 0.875 bits per heavy atom. The summed E-state index contributed by atoms with van der Waals surface area (Å²) in [5, 5.41) is 10.5. The zero-order chi connectivity index (χ0) is 27.9. The Hall–Kier alpha value is -5.37. The minimum Gasteiger partial charge on any atom is -0.497 e. The fraction of sp³-hybridized carbons (Fsp3) is 0.0938. The van der Waals surface area contributed by atoms with Crippen LogP contribution in [-0.2, 0) is 6.54 Å². The van der Waals surface area contributed by atoms with Crippen LogP contribution in [0.1, 0.15) is 21.5 Å². The van der Waals surface area contributed by atoms with Crippen LogP contribution in [0, 0.1) is 6.92 Å². The fourth-order valence-corrected chi connectivity index (χ4v) is 4.03. The Labute approximate surface area is 231 Å². The number of hydrogen-bond donors (Lipinski definition) is 2. The van der Waals surface area contributed by atoms with Gasteiger partial charge in [0.25, 0.3) is 11.5 Å². The number of carbonyl (C=O) groups is 1. The second kappa shape index (κ2) is 12.0. The Morgan fingerprint density at radius 2 is 1.60 bits per heavy atom. The van der Waals surface area contributed by atoms with Gasteiger partial charge in [0.05, 0.1) is 19.0 Å². The van der Waals surface area contributed by atoms with E-state index in [1.807, 2.05) is 61.5 Å². The summed E-state index contributed by atoms with van der Waals surface area (Å²) in [6, 6.07) is 31.1. The molecule has 0 aliphatic carbocycles. The van der Waals surface area contributed by atoms with Gasteiger partial charge >= 0.3 is 0 Å². The molecule has 0 bridgehead atoms. The molecule has 0 saturated carbocycles. The molecule has 200 valence electrons. The summed E-state index contributed by atoms with van der Waals surface area (Å²) in [5.41, 5.74) is 3.44. The molecule has 0 radical (unpaired) electrons. The maximum absolute atomic E-state index is 13.7. The van der Waals surface area contributed by atoms with Gasteiger partial charge in [-0.3, -0.25) is 9.59 Å². The average molecular weight is 533 g/mol. The smallest absolute Gasteiger partial charge is 0.299 e. The number of carbonyl (C=O) groups excluding carboxylic acids is 1. The summed E-state index contributed by atoms with van der Waals surface area (Å²) in [7, 11) is 1.59. The summed E-state index contributed by atoms with van der Waals surface area (Å²) in [6.07, 6.45) is 1.49. The molecule has 8 heteroatoms. The van der Waals surface area contributed by atoms with Crippen LogP contribution >= 0.6 is 0 Å². The molecule has 5 rings (SSSR count). The lowest BCUT2D eigenvalue weighted by Gasteiger charge is -2.15. The average Bonchev–Trinajstić information content (AvgIpc) is 2.99. The van der Waals surface area contributed by atoms with Crippen LogP contribution in [0.25, 0.3) is 5.69 Å². The van der Waals surface area contributed by atoms with Crippen LogP contribution in [-0.4, -0.2) is 22.8 Å². The molecule has 0 aliphatic rings. The van der Waals surface area contributed by atoms with Crippen molar-refractivity contribution in [3.63, 3.8) is 0 Å². The summed E-state index contributed by atoms with van der Waals surface area (Å²) >= 11 is 0. The lowest BCUT2D eigenvalue weighted by atomic mass is 10.1. The zero-order valence-corrected chi connectivity index (χ0v) is 22.1. The summed E-state index contributed by atoms with van der Waals surface area (Å²) in [5.74, 6) is 1.19. The van der Waals surface area contributed by atoms with Crippen molar-refractivity contribution >= 4 is 17.3 Å². The molecule has 0 saturated heterocycles. The number of rotatable bonds is 9. The van der Waals surface area contributed by atoms with Crippen molar-refractivity contribution in [3.05, 3.63) is 136 Å². The van der Waals surface area contributed by atoms with E-state index in [0.29, 0.717) is 35.0 Å². The number of ether oxygens (including phenoxy) is 2. The Balaban J connectivity index is 1.46. The third kappa shape index (κ3) is 6.19. The van der Waals surface area contributed by atoms with E-state index in [4.69, 9.17) is 9.47 Å². The first-order valence-corrected chi connectivity index (χ1v) is 12.7. The maximum Gasteiger partial charge on any atom is 0.299 e. The number of benzene rings is 4. The van der Waals surface area contributed by atoms with Gasteiger partial charge in [-0.2, -0.15) is 9.78 Å². The fourth-order valence-electron chi connectivity index (χ4n) is 4.03. The van der Waals surface area contributed by atoms with Gasteiger partial charge in [-0.1, -0.05) is 54.1 Å². The molecule has 0 unspecified atom stereocenters. The largest absolute Gasteiger partial charge is 0.497 e. The topological polar surface area (TPSA) is 94.5 Å². The number of aromatic nitrogens is 2. The molecule has 1 aromatic heterocycles. The molecular weight excluding hydrogens is 504 g/mol. The van der Waals surface area contributed by atoms with Crippen LogP contribution in [0.5, 0.6) is 17.2 Å². The summed E-state index contributed by atoms with van der Waals surface area (Å²) in [4.78, 5) is 26.6. The van der Waals surface area contributed by atoms with E-state index < -0.39 is 5.56 Å². The van der Waals surface area contributed by atoms with Crippen LogP contribution in [0.3, 0.4) is 0 Å². The van der Waals surface area contributed by atoms with Crippen molar-refractivity contribution in [2.75, 3.05) is 12.4 Å². The van der Waals surface area contributed by atoms with Crippen LogP contribution < -0.4 is 25.7 Å². The number of aryl methyl sites for hydroxylation is 1. The van der Waals surface area contributed by atoms with Gasteiger partial charge in [-0.15, -0.1) is 0 Å². The third-order valence-electron chi connectivity index (χ3n) is 6.20. The minimum atomic E-state index is -0.409. The molecule has 8 nitrogen and oxygen atoms in total. The monoisotopic (exact) mass is 532 g/mol. The lowest BCUT2D eigenvalue weighted by molar-refractivity contribution is 0.0951. The molecule has 40 heavy (non-hydrogen) atoms. The number of nitrogens with one attached hydrogen (secondary N) is 2. The number of anilines is 2. The molecule has 4 aromatic carbocycles. The SMILES string of the molecule is COc1ccc(Oc2cnn(-c3ccc(C)cc3)c(=O)c2Nc2cccc(C(=O)NCc3ccccc3)c2)cc1. The Bertz CT molecular complexity index is 1660. The van der Waals surface area contributed by atoms with E-state index in [1.165, 1.54) is 10.9 Å². The predicted molar refractivity (Wildman–Crippen MR) is 155 cm³/mol. The van der Waals surface area contributed by atoms with Gasteiger partial charge in [0.1, 0.15) is 11.5 Å². The first-order chi connectivity index (χ1) is 19.5. The van der Waals surface area contributed by atoms with Gasteiger partial charge in [-0.05, 0) is 67.1 Å². The first-order valence-electron chi connectivity index (χ1n) is 12.7. The quantitative estimate of drug-likeness (QED) is 0.241. The molecule has 0 atom stereocenters. The van der Waals surface area contributed by atoms with E-state index in [2.05, 4.69) is 15.7 Å². The zero-order valence-electron chi connectivity index (χ0n) is 22.1. The van der Waals surface area contributed by atoms with Crippen molar-refractivity contribution in [2.45, 2.75) is 13.5 Å². The van der Waals surface area contributed by atoms with Gasteiger partial charge in [-0.25, -0.2) is 0 Å². The summed E-state index contributed by atoms with van der Waals surface area (Å²) < 4.78 is 12.6. The van der Waals surface area contributed by atoms with Crippen molar-refractivity contribution in [3.8, 4) is 22.9 Å². The number of nitrogens with zero attached hydrogens (tertiary/aromatic N) is 2. The standard InChI is InChI=1S/C32H28N4O4/c1-22-11-13-26(14-12-22)36-32(38)30(29(21-34-36)40-28-17-15-27(39-2)16-18-28)35-25-10-6-9-24(19-25)31(37)33-20-23-7-4-3-5-8-23/h3-19,21,35H,20H2,1-2H3,(H,33,37). The predicted octanol–water partition coefficient (Wildman–Crippen LogP) is 6.02. The van der Waals surface area contributed by atoms with Crippen LogP contribution in [0.2, 0.25) is 0 Å². The normalized spacial score (nSPS) is 10.6. The van der Waals surface area contributed by atoms with E-state index in [9.17, 15) is 9.59 Å². The highest BCUT2D eigenvalue weighted by atomic mass is 16.5. The maximum atomic E-state index is 13.7.